The van der Waals surface area contributed by atoms with Crippen molar-refractivity contribution < 1.29 is 4.79 Å². The summed E-state index contributed by atoms with van der Waals surface area (Å²) in [4.78, 5) is 34.1. The maximum atomic E-state index is 12.9. The highest BCUT2D eigenvalue weighted by Crippen LogP contribution is 2.22. The third-order valence-electron chi connectivity index (χ3n) is 4.32. The quantitative estimate of drug-likeness (QED) is 0.507. The van der Waals surface area contributed by atoms with Gasteiger partial charge in [-0.05, 0) is 43.0 Å². The fourth-order valence-electron chi connectivity index (χ4n) is 2.99. The molecule has 0 unspecified atom stereocenters. The van der Waals surface area contributed by atoms with Crippen LogP contribution >= 0.6 is 11.8 Å². The van der Waals surface area contributed by atoms with Gasteiger partial charge in [0, 0.05) is 18.4 Å². The van der Waals surface area contributed by atoms with Crippen molar-refractivity contribution in [3.05, 3.63) is 58.0 Å². The van der Waals surface area contributed by atoms with Crippen LogP contribution in [0.5, 0.6) is 0 Å². The lowest BCUT2D eigenvalue weighted by atomic mass is 10.1. The van der Waals surface area contributed by atoms with Gasteiger partial charge in [-0.1, -0.05) is 43.8 Å². The fourth-order valence-corrected chi connectivity index (χ4v) is 3.79. The van der Waals surface area contributed by atoms with E-state index in [-0.39, 0.29) is 23.1 Å². The van der Waals surface area contributed by atoms with Gasteiger partial charge in [0.05, 0.1) is 11.1 Å². The van der Waals surface area contributed by atoms with Gasteiger partial charge in [0.1, 0.15) is 0 Å². The number of carbonyl (C=O) groups is 1. The number of nitrogens with zero attached hydrogens (tertiary/aromatic N) is 3. The minimum absolute atomic E-state index is 0.121. The van der Waals surface area contributed by atoms with Gasteiger partial charge in [-0.3, -0.25) is 14.2 Å². The van der Waals surface area contributed by atoms with Crippen LogP contribution in [0.4, 0.5) is 5.69 Å². The zero-order valence-corrected chi connectivity index (χ0v) is 17.3. The number of nitrogens with one attached hydrogen (secondary N) is 1. The predicted molar refractivity (Wildman–Crippen MR) is 114 cm³/mol. The number of para-hydroxylation sites is 1. The molecule has 0 bridgehead atoms. The van der Waals surface area contributed by atoms with Crippen LogP contribution in [0.3, 0.4) is 0 Å². The molecule has 0 aliphatic carbocycles. The van der Waals surface area contributed by atoms with Crippen LogP contribution in [0, 0.1) is 19.8 Å². The van der Waals surface area contributed by atoms with Crippen LogP contribution in [0.25, 0.3) is 11.0 Å². The zero-order chi connectivity index (χ0) is 20.3. The van der Waals surface area contributed by atoms with Crippen molar-refractivity contribution in [3.8, 4) is 0 Å². The average Bonchev–Trinajstić information content (AvgIpc) is 2.65. The van der Waals surface area contributed by atoms with Crippen molar-refractivity contribution in [2.24, 2.45) is 5.92 Å². The Morgan fingerprint density at radius 1 is 1.18 bits per heavy atom. The monoisotopic (exact) mass is 396 g/mol. The van der Waals surface area contributed by atoms with E-state index in [1.54, 1.807) is 22.9 Å². The average molecular weight is 397 g/mol. The first kappa shape index (κ1) is 20.1. The molecule has 0 atom stereocenters. The summed E-state index contributed by atoms with van der Waals surface area (Å²) in [6.45, 7) is 8.56. The van der Waals surface area contributed by atoms with Crippen molar-refractivity contribution in [1.82, 2.24) is 14.5 Å². The summed E-state index contributed by atoms with van der Waals surface area (Å²) in [5.74, 6) is 0.307. The Kier molecular flexibility index (Phi) is 6.14. The lowest BCUT2D eigenvalue weighted by Gasteiger charge is -2.15. The molecule has 0 aliphatic rings. The number of pyridine rings is 1. The predicted octanol–water partition coefficient (Wildman–Crippen LogP) is 3.80. The second-order valence-electron chi connectivity index (χ2n) is 7.18. The first-order chi connectivity index (χ1) is 13.4. The number of benzene rings is 1. The molecule has 3 rings (SSSR count). The van der Waals surface area contributed by atoms with Gasteiger partial charge in [-0.15, -0.1) is 0 Å². The van der Waals surface area contributed by atoms with E-state index in [0.717, 1.165) is 16.8 Å². The van der Waals surface area contributed by atoms with Gasteiger partial charge >= 0.3 is 0 Å². The molecule has 6 nitrogen and oxygen atoms in total. The van der Waals surface area contributed by atoms with E-state index in [9.17, 15) is 9.59 Å². The van der Waals surface area contributed by atoms with Gasteiger partial charge in [0.2, 0.25) is 5.91 Å². The standard InChI is InChI=1S/C21H24N4O2S/c1-13(2)11-25-20(27)16-9-6-10-22-19(16)24-21(25)28-12-17(26)23-18-14(3)7-5-8-15(18)4/h5-10,13H,11-12H2,1-4H3,(H,23,26). The summed E-state index contributed by atoms with van der Waals surface area (Å²) in [5.41, 5.74) is 3.15. The summed E-state index contributed by atoms with van der Waals surface area (Å²) >= 11 is 1.26. The van der Waals surface area contributed by atoms with Crippen molar-refractivity contribution >= 4 is 34.4 Å². The molecule has 2 heterocycles. The second kappa shape index (κ2) is 8.56. The normalized spacial score (nSPS) is 11.2. The van der Waals surface area contributed by atoms with Crippen LogP contribution in [-0.2, 0) is 11.3 Å². The molecule has 0 saturated heterocycles. The topological polar surface area (TPSA) is 76.9 Å². The van der Waals surface area contributed by atoms with Gasteiger partial charge in [-0.25, -0.2) is 9.97 Å². The third-order valence-corrected chi connectivity index (χ3v) is 5.30. The first-order valence-electron chi connectivity index (χ1n) is 9.21. The minimum atomic E-state index is -0.131. The molecule has 0 radical (unpaired) electrons. The number of aryl methyl sites for hydroxylation is 2. The minimum Gasteiger partial charge on any atom is -0.325 e. The van der Waals surface area contributed by atoms with Crippen LogP contribution in [0.2, 0.25) is 0 Å². The highest BCUT2D eigenvalue weighted by atomic mass is 32.2. The van der Waals surface area contributed by atoms with E-state index < -0.39 is 0 Å². The molecule has 0 saturated carbocycles. The summed E-state index contributed by atoms with van der Waals surface area (Å²) < 4.78 is 1.64. The number of hydrogen-bond donors (Lipinski definition) is 1. The molecule has 7 heteroatoms. The molecule has 0 spiro atoms. The van der Waals surface area contributed by atoms with Crippen LogP contribution in [0.15, 0.2) is 46.5 Å². The van der Waals surface area contributed by atoms with Gasteiger partial charge in [0.15, 0.2) is 10.8 Å². The molecular weight excluding hydrogens is 372 g/mol. The smallest absolute Gasteiger partial charge is 0.263 e. The molecule has 3 aromatic rings. The second-order valence-corrected chi connectivity index (χ2v) is 8.12. The SMILES string of the molecule is Cc1cccc(C)c1NC(=O)CSc1nc2ncccc2c(=O)n1CC(C)C. The molecular formula is C21H24N4O2S. The largest absolute Gasteiger partial charge is 0.325 e. The van der Waals surface area contributed by atoms with Crippen LogP contribution in [0.1, 0.15) is 25.0 Å². The molecule has 0 aliphatic heterocycles. The van der Waals surface area contributed by atoms with E-state index in [1.165, 1.54) is 11.8 Å². The Hall–Kier alpha value is -2.67. The van der Waals surface area contributed by atoms with Crippen molar-refractivity contribution in [2.45, 2.75) is 39.4 Å². The summed E-state index contributed by atoms with van der Waals surface area (Å²) in [7, 11) is 0. The molecule has 28 heavy (non-hydrogen) atoms. The van der Waals surface area contributed by atoms with E-state index in [2.05, 4.69) is 15.3 Å². The van der Waals surface area contributed by atoms with Gasteiger partial charge in [-0.2, -0.15) is 0 Å². The maximum absolute atomic E-state index is 12.9. The number of fused-ring (bicyclic) bond motifs is 1. The lowest BCUT2D eigenvalue weighted by Crippen LogP contribution is -2.26. The Labute approximate surface area is 168 Å². The van der Waals surface area contributed by atoms with Crippen LogP contribution in [-0.4, -0.2) is 26.2 Å². The van der Waals surface area contributed by atoms with Gasteiger partial charge in [0.25, 0.3) is 5.56 Å². The highest BCUT2D eigenvalue weighted by Gasteiger charge is 2.15. The summed E-state index contributed by atoms with van der Waals surface area (Å²) in [6, 6.07) is 9.36. The Bertz CT molecular complexity index is 1060. The summed E-state index contributed by atoms with van der Waals surface area (Å²) in [5, 5.41) is 3.98. The summed E-state index contributed by atoms with van der Waals surface area (Å²) in [6.07, 6.45) is 1.61. The molecule has 1 aromatic carbocycles. The Morgan fingerprint density at radius 3 is 2.57 bits per heavy atom. The van der Waals surface area contributed by atoms with Crippen LogP contribution < -0.4 is 10.9 Å². The van der Waals surface area contributed by atoms with E-state index in [0.29, 0.717) is 22.7 Å². The van der Waals surface area contributed by atoms with Crippen molar-refractivity contribution in [1.29, 1.82) is 0 Å². The first-order valence-corrected chi connectivity index (χ1v) is 10.2. The number of amides is 1. The maximum Gasteiger partial charge on any atom is 0.263 e. The molecule has 146 valence electrons. The van der Waals surface area contributed by atoms with Crippen molar-refractivity contribution in [3.63, 3.8) is 0 Å². The number of thioether (sulfide) groups is 1. The molecule has 1 amide bonds. The van der Waals surface area contributed by atoms with E-state index >= 15 is 0 Å². The highest BCUT2D eigenvalue weighted by molar-refractivity contribution is 7.99. The molecule has 0 fully saturated rings. The zero-order valence-electron chi connectivity index (χ0n) is 16.5. The lowest BCUT2D eigenvalue weighted by molar-refractivity contribution is -0.113. The van der Waals surface area contributed by atoms with Gasteiger partial charge < -0.3 is 5.32 Å². The third kappa shape index (κ3) is 4.42. The number of aromatic nitrogens is 3. The van der Waals surface area contributed by atoms with E-state index in [1.807, 2.05) is 45.9 Å². The Morgan fingerprint density at radius 2 is 1.89 bits per heavy atom. The molecule has 2 aromatic heterocycles. The molecule has 1 N–H and O–H groups in total. The number of carbonyl (C=O) groups excluding carboxylic acids is 1. The van der Waals surface area contributed by atoms with E-state index in [4.69, 9.17) is 0 Å². The Balaban J connectivity index is 1.85. The van der Waals surface area contributed by atoms with Crippen molar-refractivity contribution in [2.75, 3.05) is 11.1 Å². The number of anilines is 1. The number of rotatable bonds is 6. The number of hydrogen-bond acceptors (Lipinski definition) is 5. The fraction of sp³-hybridized carbons (Fsp3) is 0.333.